The van der Waals surface area contributed by atoms with Crippen LogP contribution in [0.3, 0.4) is 0 Å². The van der Waals surface area contributed by atoms with Crippen LogP contribution in [0.2, 0.25) is 0 Å². The van der Waals surface area contributed by atoms with Crippen molar-refractivity contribution in [2.24, 2.45) is 0 Å². The van der Waals surface area contributed by atoms with E-state index in [-0.39, 0.29) is 0 Å². The fourth-order valence-corrected chi connectivity index (χ4v) is 1.92. The second kappa shape index (κ2) is 5.73. The van der Waals surface area contributed by atoms with Gasteiger partial charge in [-0.05, 0) is 31.5 Å². The lowest BCUT2D eigenvalue weighted by molar-refractivity contribution is -0.138. The van der Waals surface area contributed by atoms with Crippen LogP contribution in [-0.2, 0) is 0 Å². The van der Waals surface area contributed by atoms with Crippen molar-refractivity contribution in [1.82, 2.24) is 5.32 Å². The Morgan fingerprint density at radius 3 is 2.61 bits per heavy atom. The Kier molecular flexibility index (Phi) is 4.78. The third-order valence-corrected chi connectivity index (χ3v) is 3.29. The molecule has 0 bridgehead atoms. The zero-order chi connectivity index (χ0) is 13.9. The van der Waals surface area contributed by atoms with Gasteiger partial charge in [-0.15, -0.1) is 0 Å². The average Bonchev–Trinajstić information content (AvgIpc) is 2.18. The molecule has 1 aromatic carbocycles. The summed E-state index contributed by atoms with van der Waals surface area (Å²) in [5.41, 5.74) is 1.08. The predicted octanol–water partition coefficient (Wildman–Crippen LogP) is 3.83. The van der Waals surface area contributed by atoms with Crippen LogP contribution in [-0.4, -0.2) is 18.1 Å². The van der Waals surface area contributed by atoms with Crippen LogP contribution in [0.4, 0.5) is 13.2 Å². The standard InChI is InChI=1S/C12H13BrF3NO/c1-7(6-12(14,15)16)17-11(18)9-4-3-5-10(13)8(9)2/h3-5,7H,6H2,1-2H3,(H,17,18). The zero-order valence-corrected chi connectivity index (χ0v) is 11.5. The molecule has 0 saturated carbocycles. The molecule has 1 unspecified atom stereocenters. The van der Waals surface area contributed by atoms with Gasteiger partial charge in [0.15, 0.2) is 0 Å². The van der Waals surface area contributed by atoms with Crippen molar-refractivity contribution < 1.29 is 18.0 Å². The number of nitrogens with one attached hydrogen (secondary N) is 1. The van der Waals surface area contributed by atoms with E-state index in [0.717, 1.165) is 4.47 Å². The third kappa shape index (κ3) is 4.33. The Hall–Kier alpha value is -1.04. The summed E-state index contributed by atoms with van der Waals surface area (Å²) in [5.74, 6) is -0.495. The number of amides is 1. The van der Waals surface area contributed by atoms with Crippen LogP contribution in [0, 0.1) is 6.92 Å². The van der Waals surface area contributed by atoms with Crippen molar-refractivity contribution in [3.63, 3.8) is 0 Å². The smallest absolute Gasteiger partial charge is 0.349 e. The highest BCUT2D eigenvalue weighted by Crippen LogP contribution is 2.22. The van der Waals surface area contributed by atoms with E-state index in [2.05, 4.69) is 21.2 Å². The minimum atomic E-state index is -4.28. The van der Waals surface area contributed by atoms with Gasteiger partial charge in [-0.1, -0.05) is 22.0 Å². The number of hydrogen-bond acceptors (Lipinski definition) is 1. The molecule has 1 amide bonds. The van der Waals surface area contributed by atoms with Crippen LogP contribution >= 0.6 is 15.9 Å². The van der Waals surface area contributed by atoms with Gasteiger partial charge in [0.25, 0.3) is 5.91 Å². The number of hydrogen-bond donors (Lipinski definition) is 1. The lowest BCUT2D eigenvalue weighted by Crippen LogP contribution is -2.36. The van der Waals surface area contributed by atoms with Gasteiger partial charge in [0.2, 0.25) is 0 Å². The van der Waals surface area contributed by atoms with E-state index in [1.54, 1.807) is 25.1 Å². The van der Waals surface area contributed by atoms with Crippen LogP contribution in [0.15, 0.2) is 22.7 Å². The molecule has 0 saturated heterocycles. The van der Waals surface area contributed by atoms with Gasteiger partial charge in [-0.25, -0.2) is 0 Å². The van der Waals surface area contributed by atoms with E-state index in [1.807, 2.05) is 0 Å². The first kappa shape index (κ1) is 15.0. The molecular formula is C12H13BrF3NO. The molecule has 100 valence electrons. The van der Waals surface area contributed by atoms with E-state index in [9.17, 15) is 18.0 Å². The Morgan fingerprint density at radius 2 is 2.06 bits per heavy atom. The van der Waals surface area contributed by atoms with Gasteiger partial charge < -0.3 is 5.32 Å². The summed E-state index contributed by atoms with van der Waals surface area (Å²) >= 11 is 3.27. The number of benzene rings is 1. The highest BCUT2D eigenvalue weighted by Gasteiger charge is 2.30. The van der Waals surface area contributed by atoms with E-state index in [4.69, 9.17) is 0 Å². The summed E-state index contributed by atoms with van der Waals surface area (Å²) in [6, 6.07) is 4.07. The Bertz CT molecular complexity index is 445. The van der Waals surface area contributed by atoms with Crippen LogP contribution < -0.4 is 5.32 Å². The van der Waals surface area contributed by atoms with Crippen LogP contribution in [0.25, 0.3) is 0 Å². The zero-order valence-electron chi connectivity index (χ0n) is 9.94. The van der Waals surface area contributed by atoms with E-state index >= 15 is 0 Å². The summed E-state index contributed by atoms with van der Waals surface area (Å²) in [6.07, 6.45) is -5.31. The molecule has 1 N–H and O–H groups in total. The maximum atomic E-state index is 12.1. The van der Waals surface area contributed by atoms with Crippen molar-refractivity contribution in [3.05, 3.63) is 33.8 Å². The van der Waals surface area contributed by atoms with Gasteiger partial charge in [-0.3, -0.25) is 4.79 Å². The van der Waals surface area contributed by atoms with Gasteiger partial charge in [-0.2, -0.15) is 13.2 Å². The average molecular weight is 324 g/mol. The van der Waals surface area contributed by atoms with E-state index in [1.165, 1.54) is 6.92 Å². The summed E-state index contributed by atoms with van der Waals surface area (Å²) in [4.78, 5) is 11.8. The maximum absolute atomic E-state index is 12.1. The highest BCUT2D eigenvalue weighted by atomic mass is 79.9. The SMILES string of the molecule is Cc1c(Br)cccc1C(=O)NC(C)CC(F)(F)F. The summed E-state index contributed by atoms with van der Waals surface area (Å²) in [5, 5.41) is 2.34. The quantitative estimate of drug-likeness (QED) is 0.900. The third-order valence-electron chi connectivity index (χ3n) is 2.43. The molecule has 6 heteroatoms. The number of rotatable bonds is 3. The minimum absolute atomic E-state index is 0.374. The summed E-state index contributed by atoms with van der Waals surface area (Å²) < 4.78 is 37.2. The fourth-order valence-electron chi connectivity index (χ4n) is 1.55. The van der Waals surface area contributed by atoms with Crippen molar-refractivity contribution in [2.75, 3.05) is 0 Å². The highest BCUT2D eigenvalue weighted by molar-refractivity contribution is 9.10. The van der Waals surface area contributed by atoms with Gasteiger partial charge in [0, 0.05) is 16.1 Å². The second-order valence-corrected chi connectivity index (χ2v) is 4.96. The molecule has 0 radical (unpaired) electrons. The molecule has 0 heterocycles. The molecule has 0 aromatic heterocycles. The van der Waals surface area contributed by atoms with Gasteiger partial charge in [0.05, 0.1) is 6.42 Å². The van der Waals surface area contributed by atoms with Crippen LogP contribution in [0.1, 0.15) is 29.3 Å². The van der Waals surface area contributed by atoms with Gasteiger partial charge in [0.1, 0.15) is 0 Å². The first-order chi connectivity index (χ1) is 8.20. The summed E-state index contributed by atoms with van der Waals surface area (Å²) in [6.45, 7) is 3.06. The first-order valence-corrected chi connectivity index (χ1v) is 6.12. The lowest BCUT2D eigenvalue weighted by atomic mass is 10.1. The largest absolute Gasteiger partial charge is 0.391 e. The number of carbonyl (C=O) groups excluding carboxylic acids is 1. The predicted molar refractivity (Wildman–Crippen MR) is 66.5 cm³/mol. The molecule has 0 fully saturated rings. The normalized spacial score (nSPS) is 13.2. The van der Waals surface area contributed by atoms with E-state index in [0.29, 0.717) is 11.1 Å². The van der Waals surface area contributed by atoms with Crippen molar-refractivity contribution in [1.29, 1.82) is 0 Å². The Labute approximate surface area is 112 Å². The lowest BCUT2D eigenvalue weighted by Gasteiger charge is -2.16. The van der Waals surface area contributed by atoms with Crippen molar-refractivity contribution in [2.45, 2.75) is 32.5 Å². The molecule has 1 aromatic rings. The minimum Gasteiger partial charge on any atom is -0.349 e. The molecule has 2 nitrogen and oxygen atoms in total. The number of carbonyl (C=O) groups is 1. The molecular weight excluding hydrogens is 311 g/mol. The molecule has 18 heavy (non-hydrogen) atoms. The molecule has 1 atom stereocenters. The van der Waals surface area contributed by atoms with Gasteiger partial charge >= 0.3 is 6.18 Å². The summed E-state index contributed by atoms with van der Waals surface area (Å²) in [7, 11) is 0. The molecule has 0 aliphatic carbocycles. The Balaban J connectivity index is 2.74. The molecule has 1 rings (SSSR count). The number of halogens is 4. The topological polar surface area (TPSA) is 29.1 Å². The molecule has 0 aliphatic heterocycles. The van der Waals surface area contributed by atoms with Crippen molar-refractivity contribution >= 4 is 21.8 Å². The second-order valence-electron chi connectivity index (χ2n) is 4.11. The number of alkyl halides is 3. The van der Waals surface area contributed by atoms with Crippen LogP contribution in [0.5, 0.6) is 0 Å². The Morgan fingerprint density at radius 1 is 1.44 bits per heavy atom. The first-order valence-electron chi connectivity index (χ1n) is 5.33. The molecule has 0 spiro atoms. The fraction of sp³-hybridized carbons (Fsp3) is 0.417. The monoisotopic (exact) mass is 323 g/mol. The maximum Gasteiger partial charge on any atom is 0.391 e. The van der Waals surface area contributed by atoms with Crippen molar-refractivity contribution in [3.8, 4) is 0 Å². The molecule has 0 aliphatic rings. The van der Waals surface area contributed by atoms with E-state index < -0.39 is 24.5 Å².